The topological polar surface area (TPSA) is 37.3 Å². The van der Waals surface area contributed by atoms with E-state index in [0.29, 0.717) is 11.6 Å². The van der Waals surface area contributed by atoms with Gasteiger partial charge in [0.25, 0.3) is 0 Å². The minimum absolute atomic E-state index is 0.320. The van der Waals surface area contributed by atoms with Crippen LogP contribution >= 0.6 is 0 Å². The Morgan fingerprint density at radius 2 is 1.75 bits per heavy atom. The Bertz CT molecular complexity index is 373. The molecule has 0 atom stereocenters. The Hall–Kier alpha value is -1.78. The molecule has 0 fully saturated rings. The molecule has 0 amide bonds. The summed E-state index contributed by atoms with van der Waals surface area (Å²) in [5.74, 6) is -1.66. The lowest BCUT2D eigenvalue weighted by atomic mass is 10.0. The first-order chi connectivity index (χ1) is 7.23. The van der Waals surface area contributed by atoms with Crippen molar-refractivity contribution in [3.8, 4) is 0 Å². The molecule has 0 aromatic carbocycles. The van der Waals surface area contributed by atoms with Crippen molar-refractivity contribution in [1.82, 2.24) is 0 Å². The third kappa shape index (κ3) is 3.76. The lowest BCUT2D eigenvalue weighted by molar-refractivity contribution is -0.133. The molecule has 0 saturated carbocycles. The first-order valence-corrected chi connectivity index (χ1v) is 4.22. The van der Waals surface area contributed by atoms with Crippen LogP contribution < -0.4 is 0 Å². The summed E-state index contributed by atoms with van der Waals surface area (Å²) in [5, 5.41) is 8.70. The smallest absolute Gasteiger partial charge is 0.417 e. The molecule has 0 spiro atoms. The maximum Gasteiger partial charge on any atom is 0.417 e. The van der Waals surface area contributed by atoms with E-state index in [-0.39, 0.29) is 0 Å². The molecular formula is C11H11F3O2. The van der Waals surface area contributed by atoms with Crippen molar-refractivity contribution >= 4 is 5.97 Å². The van der Waals surface area contributed by atoms with Crippen molar-refractivity contribution in [3.63, 3.8) is 0 Å². The van der Waals surface area contributed by atoms with Crippen LogP contribution in [0.25, 0.3) is 0 Å². The molecule has 16 heavy (non-hydrogen) atoms. The SMILES string of the molecule is C=C/C(=C(\C=C(/C)C=C)C(=O)O)C(F)(F)F. The van der Waals surface area contributed by atoms with Gasteiger partial charge in [0.2, 0.25) is 0 Å². The van der Waals surface area contributed by atoms with Crippen LogP contribution in [0.5, 0.6) is 0 Å². The molecule has 0 aliphatic carbocycles. The van der Waals surface area contributed by atoms with Crippen LogP contribution in [0.1, 0.15) is 6.92 Å². The normalized spacial score (nSPS) is 14.1. The van der Waals surface area contributed by atoms with E-state index < -0.39 is 23.3 Å². The van der Waals surface area contributed by atoms with Crippen molar-refractivity contribution in [1.29, 1.82) is 0 Å². The van der Waals surface area contributed by atoms with Crippen LogP contribution in [-0.4, -0.2) is 17.3 Å². The number of allylic oxidation sites excluding steroid dienone is 4. The van der Waals surface area contributed by atoms with Crippen molar-refractivity contribution < 1.29 is 23.1 Å². The molecule has 5 heteroatoms. The van der Waals surface area contributed by atoms with Crippen molar-refractivity contribution in [2.24, 2.45) is 0 Å². The van der Waals surface area contributed by atoms with E-state index in [9.17, 15) is 18.0 Å². The van der Waals surface area contributed by atoms with Crippen molar-refractivity contribution in [3.05, 3.63) is 48.1 Å². The summed E-state index contributed by atoms with van der Waals surface area (Å²) >= 11 is 0. The Kier molecular flexibility index (Phi) is 4.75. The molecule has 0 saturated heterocycles. The number of rotatable bonds is 4. The van der Waals surface area contributed by atoms with Crippen LogP contribution in [0.15, 0.2) is 48.1 Å². The van der Waals surface area contributed by atoms with Crippen LogP contribution in [-0.2, 0) is 4.79 Å². The quantitative estimate of drug-likeness (QED) is 0.596. The number of hydrogen-bond acceptors (Lipinski definition) is 1. The largest absolute Gasteiger partial charge is 0.478 e. The summed E-state index contributed by atoms with van der Waals surface area (Å²) in [4.78, 5) is 10.7. The standard InChI is InChI=1S/C11H11F3O2/c1-4-7(3)6-8(10(15)16)9(5-2)11(12,13)14/h4-6H,1-2H2,3H3,(H,15,16)/b7-6+,9-8-. The van der Waals surface area contributed by atoms with Gasteiger partial charge in [0.05, 0.1) is 11.1 Å². The number of alkyl halides is 3. The second-order valence-electron chi connectivity index (χ2n) is 2.93. The summed E-state index contributed by atoms with van der Waals surface area (Å²) in [6, 6.07) is 0. The van der Waals surface area contributed by atoms with Gasteiger partial charge in [-0.1, -0.05) is 30.9 Å². The molecule has 0 aromatic heterocycles. The number of halogens is 3. The zero-order valence-electron chi connectivity index (χ0n) is 8.64. The summed E-state index contributed by atoms with van der Waals surface area (Å²) in [5.41, 5.74) is -1.80. The van der Waals surface area contributed by atoms with Gasteiger partial charge < -0.3 is 5.11 Å². The van der Waals surface area contributed by atoms with E-state index in [1.165, 1.54) is 13.0 Å². The monoisotopic (exact) mass is 232 g/mol. The zero-order chi connectivity index (χ0) is 12.9. The molecule has 0 bridgehead atoms. The molecule has 0 rings (SSSR count). The second kappa shape index (κ2) is 5.34. The van der Waals surface area contributed by atoms with E-state index in [0.717, 1.165) is 6.08 Å². The second-order valence-corrected chi connectivity index (χ2v) is 2.93. The Morgan fingerprint density at radius 1 is 1.25 bits per heavy atom. The van der Waals surface area contributed by atoms with Crippen LogP contribution in [0.2, 0.25) is 0 Å². The fourth-order valence-electron chi connectivity index (χ4n) is 0.920. The lowest BCUT2D eigenvalue weighted by Gasteiger charge is -2.10. The summed E-state index contributed by atoms with van der Waals surface area (Å²) in [6.45, 7) is 7.75. The van der Waals surface area contributed by atoms with Gasteiger partial charge in [-0.05, 0) is 13.0 Å². The summed E-state index contributed by atoms with van der Waals surface area (Å²) < 4.78 is 37.3. The summed E-state index contributed by atoms with van der Waals surface area (Å²) in [7, 11) is 0. The van der Waals surface area contributed by atoms with Gasteiger partial charge in [0.1, 0.15) is 0 Å². The maximum atomic E-state index is 12.4. The van der Waals surface area contributed by atoms with E-state index in [1.54, 1.807) is 0 Å². The molecule has 0 radical (unpaired) electrons. The van der Waals surface area contributed by atoms with Gasteiger partial charge in [-0.25, -0.2) is 4.79 Å². The molecule has 0 aromatic rings. The van der Waals surface area contributed by atoms with Gasteiger partial charge in [-0.2, -0.15) is 13.2 Å². The maximum absolute atomic E-state index is 12.4. The average Bonchev–Trinajstić information content (AvgIpc) is 2.14. The van der Waals surface area contributed by atoms with Gasteiger partial charge in [0, 0.05) is 0 Å². The average molecular weight is 232 g/mol. The first-order valence-electron chi connectivity index (χ1n) is 4.22. The predicted molar refractivity (Wildman–Crippen MR) is 54.9 cm³/mol. The molecule has 1 N–H and O–H groups in total. The van der Waals surface area contributed by atoms with E-state index in [1.807, 2.05) is 0 Å². The highest BCUT2D eigenvalue weighted by molar-refractivity contribution is 5.92. The lowest BCUT2D eigenvalue weighted by Crippen LogP contribution is -2.16. The third-order valence-electron chi connectivity index (χ3n) is 1.72. The number of hydrogen-bond donors (Lipinski definition) is 1. The highest BCUT2D eigenvalue weighted by atomic mass is 19.4. The highest BCUT2D eigenvalue weighted by Gasteiger charge is 2.35. The number of carboxylic acids is 1. The minimum Gasteiger partial charge on any atom is -0.478 e. The number of carboxylic acid groups (broad SMARTS) is 1. The van der Waals surface area contributed by atoms with Crippen molar-refractivity contribution in [2.45, 2.75) is 13.1 Å². The Balaban J connectivity index is 5.82. The molecule has 0 unspecified atom stereocenters. The van der Waals surface area contributed by atoms with Crippen LogP contribution in [0.3, 0.4) is 0 Å². The summed E-state index contributed by atoms with van der Waals surface area (Å²) in [6.07, 6.45) is -2.09. The van der Waals surface area contributed by atoms with Gasteiger partial charge in [0.15, 0.2) is 0 Å². The third-order valence-corrected chi connectivity index (χ3v) is 1.72. The van der Waals surface area contributed by atoms with Crippen LogP contribution in [0.4, 0.5) is 13.2 Å². The van der Waals surface area contributed by atoms with Crippen LogP contribution in [0, 0.1) is 0 Å². The molecule has 0 aliphatic heterocycles. The van der Waals surface area contributed by atoms with E-state index >= 15 is 0 Å². The van der Waals surface area contributed by atoms with Crippen molar-refractivity contribution in [2.75, 3.05) is 0 Å². The fraction of sp³-hybridized carbons (Fsp3) is 0.182. The fourth-order valence-corrected chi connectivity index (χ4v) is 0.920. The molecule has 0 heterocycles. The first kappa shape index (κ1) is 14.2. The zero-order valence-corrected chi connectivity index (χ0v) is 8.64. The Labute approximate surface area is 91.1 Å². The highest BCUT2D eigenvalue weighted by Crippen LogP contribution is 2.30. The predicted octanol–water partition coefficient (Wildman–Crippen LogP) is 3.25. The van der Waals surface area contributed by atoms with E-state index in [4.69, 9.17) is 5.11 Å². The molecule has 88 valence electrons. The molecular weight excluding hydrogens is 221 g/mol. The molecule has 0 aliphatic rings. The van der Waals surface area contributed by atoms with Gasteiger partial charge in [-0.3, -0.25) is 0 Å². The van der Waals surface area contributed by atoms with Gasteiger partial charge >= 0.3 is 12.1 Å². The van der Waals surface area contributed by atoms with E-state index in [2.05, 4.69) is 13.2 Å². The van der Waals surface area contributed by atoms with Gasteiger partial charge in [-0.15, -0.1) is 0 Å². The Morgan fingerprint density at radius 3 is 2.00 bits per heavy atom. The number of aliphatic carboxylic acids is 1. The number of carbonyl (C=O) groups is 1. The molecule has 2 nitrogen and oxygen atoms in total. The minimum atomic E-state index is -4.74.